The van der Waals surface area contributed by atoms with Gasteiger partial charge in [0, 0.05) is 5.69 Å². The number of anilines is 1. The molecule has 0 unspecified atom stereocenters. The second-order valence-electron chi connectivity index (χ2n) is 4.03. The zero-order chi connectivity index (χ0) is 13.3. The number of hydrogen-bond acceptors (Lipinski definition) is 2. The Morgan fingerprint density at radius 3 is 2.18 bits per heavy atom. The fourth-order valence-corrected chi connectivity index (χ4v) is 1.43. The third-order valence-corrected chi connectivity index (χ3v) is 2.12. The van der Waals surface area contributed by atoms with Gasteiger partial charge in [0.25, 0.3) is 0 Å². The Hall–Kier alpha value is -1.51. The molecule has 0 aromatic heterocycles. The number of rotatable bonds is 5. The minimum Gasteiger partial charge on any atom is -0.480 e. The van der Waals surface area contributed by atoms with Gasteiger partial charge in [-0.1, -0.05) is 45.9 Å². The summed E-state index contributed by atoms with van der Waals surface area (Å²) >= 11 is 0. The molecule has 0 heterocycles. The van der Waals surface area contributed by atoms with Crippen LogP contribution in [0.1, 0.15) is 34.1 Å². The van der Waals surface area contributed by atoms with E-state index in [9.17, 15) is 4.79 Å². The van der Waals surface area contributed by atoms with E-state index in [0.29, 0.717) is 12.3 Å². The van der Waals surface area contributed by atoms with Crippen molar-refractivity contribution in [3.05, 3.63) is 30.3 Å². The average Bonchev–Trinajstić information content (AvgIpc) is 2.31. The van der Waals surface area contributed by atoms with Crippen molar-refractivity contribution in [1.29, 1.82) is 0 Å². The lowest BCUT2D eigenvalue weighted by Gasteiger charge is -2.17. The van der Waals surface area contributed by atoms with Gasteiger partial charge >= 0.3 is 5.97 Å². The van der Waals surface area contributed by atoms with Crippen LogP contribution in [0.3, 0.4) is 0 Å². The number of aliphatic carboxylic acids is 1. The Bertz CT molecular complexity index is 309. The van der Waals surface area contributed by atoms with E-state index in [4.69, 9.17) is 5.11 Å². The summed E-state index contributed by atoms with van der Waals surface area (Å²) in [6, 6.07) is 8.91. The van der Waals surface area contributed by atoms with E-state index >= 15 is 0 Å². The molecule has 17 heavy (non-hydrogen) atoms. The molecule has 0 aliphatic rings. The van der Waals surface area contributed by atoms with Gasteiger partial charge in [0.1, 0.15) is 6.04 Å². The van der Waals surface area contributed by atoms with Gasteiger partial charge in [-0.05, 0) is 24.5 Å². The highest BCUT2D eigenvalue weighted by atomic mass is 16.4. The van der Waals surface area contributed by atoms with E-state index in [0.717, 1.165) is 5.69 Å². The van der Waals surface area contributed by atoms with Gasteiger partial charge in [-0.15, -0.1) is 0 Å². The van der Waals surface area contributed by atoms with Crippen molar-refractivity contribution in [2.24, 2.45) is 5.92 Å². The van der Waals surface area contributed by atoms with Crippen LogP contribution in [0, 0.1) is 5.92 Å². The number of carboxylic acid groups (broad SMARTS) is 1. The molecule has 0 aliphatic heterocycles. The molecule has 1 aromatic rings. The standard InChI is InChI=1S/C12H17NO2.C2H6/c1-9(2)8-11(12(14)15)13-10-6-4-3-5-7-10;1-2/h3-7,9,11,13H,8H2,1-2H3,(H,14,15);1-2H3/t11-;/m0./s1. The summed E-state index contributed by atoms with van der Waals surface area (Å²) < 4.78 is 0. The van der Waals surface area contributed by atoms with Crippen LogP contribution in [-0.4, -0.2) is 17.1 Å². The maximum atomic E-state index is 11.0. The van der Waals surface area contributed by atoms with Gasteiger partial charge in [0.05, 0.1) is 0 Å². The third-order valence-electron chi connectivity index (χ3n) is 2.12. The highest BCUT2D eigenvalue weighted by molar-refractivity contribution is 5.77. The Morgan fingerprint density at radius 1 is 1.24 bits per heavy atom. The van der Waals surface area contributed by atoms with Crippen LogP contribution in [-0.2, 0) is 4.79 Å². The first kappa shape index (κ1) is 15.5. The molecule has 3 heteroatoms. The van der Waals surface area contributed by atoms with Crippen LogP contribution in [0.5, 0.6) is 0 Å². The summed E-state index contributed by atoms with van der Waals surface area (Å²) in [6.07, 6.45) is 0.629. The molecule has 0 saturated carbocycles. The molecular formula is C14H23NO2. The summed E-state index contributed by atoms with van der Waals surface area (Å²) in [6.45, 7) is 8.03. The molecule has 0 bridgehead atoms. The van der Waals surface area contributed by atoms with Gasteiger partial charge in [-0.2, -0.15) is 0 Å². The molecule has 0 radical (unpaired) electrons. The molecule has 0 spiro atoms. The van der Waals surface area contributed by atoms with Crippen molar-refractivity contribution < 1.29 is 9.90 Å². The Morgan fingerprint density at radius 2 is 1.76 bits per heavy atom. The van der Waals surface area contributed by atoms with Crippen LogP contribution in [0.15, 0.2) is 30.3 Å². The number of para-hydroxylation sites is 1. The molecule has 1 atom stereocenters. The average molecular weight is 237 g/mol. The Labute approximate surface area is 104 Å². The van der Waals surface area contributed by atoms with Crippen LogP contribution >= 0.6 is 0 Å². The lowest BCUT2D eigenvalue weighted by atomic mass is 10.0. The van der Waals surface area contributed by atoms with Gasteiger partial charge in [0.15, 0.2) is 0 Å². The smallest absolute Gasteiger partial charge is 0.326 e. The highest BCUT2D eigenvalue weighted by Gasteiger charge is 2.17. The summed E-state index contributed by atoms with van der Waals surface area (Å²) in [5, 5.41) is 12.0. The number of nitrogens with one attached hydrogen (secondary N) is 1. The van der Waals surface area contributed by atoms with E-state index in [1.807, 2.05) is 58.0 Å². The zero-order valence-corrected chi connectivity index (χ0v) is 11.1. The summed E-state index contributed by atoms with van der Waals surface area (Å²) in [7, 11) is 0. The summed E-state index contributed by atoms with van der Waals surface area (Å²) in [4.78, 5) is 11.0. The molecule has 2 N–H and O–H groups in total. The topological polar surface area (TPSA) is 49.3 Å². The normalized spacial score (nSPS) is 11.4. The van der Waals surface area contributed by atoms with Gasteiger partial charge < -0.3 is 10.4 Å². The highest BCUT2D eigenvalue weighted by Crippen LogP contribution is 2.12. The fraction of sp³-hybridized carbons (Fsp3) is 0.500. The van der Waals surface area contributed by atoms with Crippen molar-refractivity contribution in [2.75, 3.05) is 5.32 Å². The number of hydrogen-bond donors (Lipinski definition) is 2. The van der Waals surface area contributed by atoms with E-state index in [-0.39, 0.29) is 0 Å². The van der Waals surface area contributed by atoms with E-state index in [2.05, 4.69) is 5.32 Å². The van der Waals surface area contributed by atoms with Crippen molar-refractivity contribution in [3.63, 3.8) is 0 Å². The van der Waals surface area contributed by atoms with Crippen molar-refractivity contribution >= 4 is 11.7 Å². The number of carbonyl (C=O) groups is 1. The number of benzene rings is 1. The van der Waals surface area contributed by atoms with E-state index in [1.54, 1.807) is 0 Å². The predicted molar refractivity (Wildman–Crippen MR) is 72.3 cm³/mol. The quantitative estimate of drug-likeness (QED) is 0.822. The van der Waals surface area contributed by atoms with Crippen LogP contribution in [0.4, 0.5) is 5.69 Å². The number of carboxylic acids is 1. The Kier molecular flexibility index (Phi) is 7.85. The minimum absolute atomic E-state index is 0.363. The van der Waals surface area contributed by atoms with Crippen molar-refractivity contribution in [2.45, 2.75) is 40.2 Å². The van der Waals surface area contributed by atoms with Crippen molar-refractivity contribution in [3.8, 4) is 0 Å². The molecule has 1 aromatic carbocycles. The van der Waals surface area contributed by atoms with Gasteiger partial charge in [-0.25, -0.2) is 4.79 Å². The molecule has 3 nitrogen and oxygen atoms in total. The third kappa shape index (κ3) is 6.61. The molecule has 0 aliphatic carbocycles. The second kappa shape index (κ2) is 8.62. The lowest BCUT2D eigenvalue weighted by molar-refractivity contribution is -0.138. The largest absolute Gasteiger partial charge is 0.480 e. The first-order valence-electron chi connectivity index (χ1n) is 6.14. The minimum atomic E-state index is -0.799. The SMILES string of the molecule is CC.CC(C)C[C@H](Nc1ccccc1)C(=O)O. The first-order chi connectivity index (χ1) is 8.09. The monoisotopic (exact) mass is 237 g/mol. The fourth-order valence-electron chi connectivity index (χ4n) is 1.43. The van der Waals surface area contributed by atoms with Gasteiger partial charge in [-0.3, -0.25) is 0 Å². The summed E-state index contributed by atoms with van der Waals surface area (Å²) in [5.41, 5.74) is 0.852. The molecule has 0 fully saturated rings. The molecule has 0 saturated heterocycles. The first-order valence-corrected chi connectivity index (χ1v) is 6.14. The Balaban J connectivity index is 0.00000121. The molecule has 1 rings (SSSR count). The van der Waals surface area contributed by atoms with Crippen LogP contribution < -0.4 is 5.32 Å². The maximum absolute atomic E-state index is 11.0. The van der Waals surface area contributed by atoms with Crippen LogP contribution in [0.2, 0.25) is 0 Å². The maximum Gasteiger partial charge on any atom is 0.326 e. The molecule has 96 valence electrons. The van der Waals surface area contributed by atoms with E-state index in [1.165, 1.54) is 0 Å². The van der Waals surface area contributed by atoms with Crippen LogP contribution in [0.25, 0.3) is 0 Å². The molecule has 0 amide bonds. The molecular weight excluding hydrogens is 214 g/mol. The second-order valence-corrected chi connectivity index (χ2v) is 4.03. The lowest BCUT2D eigenvalue weighted by Crippen LogP contribution is -2.30. The van der Waals surface area contributed by atoms with Gasteiger partial charge in [0.2, 0.25) is 0 Å². The van der Waals surface area contributed by atoms with E-state index < -0.39 is 12.0 Å². The predicted octanol–water partition coefficient (Wildman–Crippen LogP) is 3.62. The summed E-state index contributed by atoms with van der Waals surface area (Å²) in [5.74, 6) is -0.435. The zero-order valence-electron chi connectivity index (χ0n) is 11.1. The van der Waals surface area contributed by atoms with Crippen molar-refractivity contribution in [1.82, 2.24) is 0 Å².